The summed E-state index contributed by atoms with van der Waals surface area (Å²) in [5.74, 6) is -0.175. The Morgan fingerprint density at radius 2 is 1.94 bits per heavy atom. The number of nitrogens with zero attached hydrogens (tertiary/aromatic N) is 3. The first-order valence-corrected chi connectivity index (χ1v) is 13.3. The van der Waals surface area contributed by atoms with Crippen LogP contribution in [0.3, 0.4) is 0 Å². The van der Waals surface area contributed by atoms with E-state index in [0.29, 0.717) is 57.5 Å². The number of nitrogens with one attached hydrogen (secondary N) is 2. The Balaban J connectivity index is 1.32. The van der Waals surface area contributed by atoms with Crippen LogP contribution in [0, 0.1) is 0 Å². The van der Waals surface area contributed by atoms with Crippen LogP contribution in [0.5, 0.6) is 0 Å². The summed E-state index contributed by atoms with van der Waals surface area (Å²) >= 11 is 6.28. The molecule has 35 heavy (non-hydrogen) atoms. The number of carbonyl (C=O) groups excluding carboxylic acids is 1. The molecule has 8 nitrogen and oxygen atoms in total. The second-order valence-corrected chi connectivity index (χ2v) is 11.5. The molecule has 0 bridgehead atoms. The molecular formula is C25H22ClN5O3S. The number of piperidine rings is 1. The predicted molar refractivity (Wildman–Crippen MR) is 134 cm³/mol. The first-order chi connectivity index (χ1) is 16.9. The number of rotatable bonds is 4. The van der Waals surface area contributed by atoms with Gasteiger partial charge >= 0.3 is 0 Å². The Hall–Kier alpha value is -3.27. The fourth-order valence-corrected chi connectivity index (χ4v) is 6.82. The van der Waals surface area contributed by atoms with E-state index in [1.165, 1.54) is 0 Å². The van der Waals surface area contributed by atoms with E-state index in [-0.39, 0.29) is 5.91 Å². The Morgan fingerprint density at radius 3 is 2.69 bits per heavy atom. The molecule has 2 N–H and O–H groups in total. The van der Waals surface area contributed by atoms with Gasteiger partial charge in [-0.15, -0.1) is 0 Å². The van der Waals surface area contributed by atoms with E-state index >= 15 is 0 Å². The number of H-pyrrole nitrogens is 1. The van der Waals surface area contributed by atoms with E-state index in [1.54, 1.807) is 47.6 Å². The molecular weight excluding hydrogens is 486 g/mol. The molecule has 4 heterocycles. The first kappa shape index (κ1) is 22.2. The summed E-state index contributed by atoms with van der Waals surface area (Å²) in [6, 6.07) is 12.2. The molecule has 1 atom stereocenters. The molecule has 2 aliphatic rings. The summed E-state index contributed by atoms with van der Waals surface area (Å²) in [6.45, 7) is 1.73. The van der Waals surface area contributed by atoms with Gasteiger partial charge < -0.3 is 15.2 Å². The molecule has 1 saturated heterocycles. The number of benzene rings is 2. The lowest BCUT2D eigenvalue weighted by molar-refractivity contribution is 0.0997. The number of fused-ring (bicyclic) bond motifs is 2. The van der Waals surface area contributed by atoms with E-state index in [9.17, 15) is 13.2 Å². The van der Waals surface area contributed by atoms with Crippen molar-refractivity contribution in [1.82, 2.24) is 20.3 Å². The second kappa shape index (κ2) is 8.44. The standard InChI is InChI=1S/C25H22ClN5O3S/c26-19-5-1-3-16-14-31(25(32)22(16)19)21-13-29-24-23(21)30-20(12-28-24)15-6-8-17(9-7-15)35(33,34)18-4-2-10-27-11-18/h1,3,5-9,12-13,18,27H,2,4,10-11,14H2,(H,28,29). The van der Waals surface area contributed by atoms with Gasteiger partial charge in [-0.05, 0) is 43.1 Å². The highest BCUT2D eigenvalue weighted by molar-refractivity contribution is 7.92. The molecule has 2 aliphatic heterocycles. The number of carbonyl (C=O) groups is 1. The van der Waals surface area contributed by atoms with Gasteiger partial charge in [-0.25, -0.2) is 18.4 Å². The summed E-state index contributed by atoms with van der Waals surface area (Å²) in [7, 11) is -3.40. The van der Waals surface area contributed by atoms with Gasteiger partial charge in [0.1, 0.15) is 5.52 Å². The third kappa shape index (κ3) is 3.71. The molecule has 2 aromatic heterocycles. The summed E-state index contributed by atoms with van der Waals surface area (Å²) < 4.78 is 26.0. The Kier molecular flexibility index (Phi) is 5.36. The van der Waals surface area contributed by atoms with Crippen LogP contribution in [0.2, 0.25) is 5.02 Å². The number of aromatic nitrogens is 3. The summed E-state index contributed by atoms with van der Waals surface area (Å²) in [5, 5.41) is 3.19. The van der Waals surface area contributed by atoms with E-state index in [1.807, 2.05) is 12.1 Å². The van der Waals surface area contributed by atoms with Crippen LogP contribution < -0.4 is 10.2 Å². The van der Waals surface area contributed by atoms with Gasteiger partial charge in [0.2, 0.25) is 0 Å². The van der Waals surface area contributed by atoms with Crippen molar-refractivity contribution < 1.29 is 13.2 Å². The van der Waals surface area contributed by atoms with Crippen LogP contribution in [0.25, 0.3) is 22.4 Å². The minimum absolute atomic E-state index is 0.175. The molecule has 6 rings (SSSR count). The van der Waals surface area contributed by atoms with Crippen LogP contribution in [0.4, 0.5) is 5.69 Å². The van der Waals surface area contributed by atoms with E-state index in [0.717, 1.165) is 24.1 Å². The maximum Gasteiger partial charge on any atom is 0.260 e. The lowest BCUT2D eigenvalue weighted by atomic mass is 10.1. The lowest BCUT2D eigenvalue weighted by Crippen LogP contribution is -2.38. The number of sulfone groups is 1. The summed E-state index contributed by atoms with van der Waals surface area (Å²) in [5.41, 5.74) is 4.45. The SMILES string of the molecule is O=C1c2c(Cl)cccc2CN1c1c[nH]c2ncc(-c3ccc(S(=O)(=O)C4CCCNC4)cc3)nc12. The van der Waals surface area contributed by atoms with Crippen LogP contribution in [0.15, 0.2) is 59.8 Å². The molecule has 178 valence electrons. The fraction of sp³-hybridized carbons (Fsp3) is 0.240. The van der Waals surface area contributed by atoms with E-state index in [4.69, 9.17) is 16.6 Å². The Morgan fingerprint density at radius 1 is 1.11 bits per heavy atom. The van der Waals surface area contributed by atoms with Crippen LogP contribution in [-0.4, -0.2) is 47.6 Å². The fourth-order valence-electron chi connectivity index (χ4n) is 4.83. The highest BCUT2D eigenvalue weighted by Crippen LogP contribution is 2.36. The minimum Gasteiger partial charge on any atom is -0.343 e. The maximum atomic E-state index is 13.1. The monoisotopic (exact) mass is 507 g/mol. The summed E-state index contributed by atoms with van der Waals surface area (Å²) in [6.07, 6.45) is 4.88. The number of halogens is 1. The lowest BCUT2D eigenvalue weighted by Gasteiger charge is -2.22. The van der Waals surface area contributed by atoms with Gasteiger partial charge in [-0.2, -0.15) is 0 Å². The number of hydrogen-bond donors (Lipinski definition) is 2. The number of hydrogen-bond acceptors (Lipinski definition) is 6. The third-order valence-corrected chi connectivity index (χ3v) is 9.23. The number of amides is 1. The molecule has 0 saturated carbocycles. The minimum atomic E-state index is -3.40. The highest BCUT2D eigenvalue weighted by Gasteiger charge is 2.32. The largest absolute Gasteiger partial charge is 0.343 e. The Bertz CT molecular complexity index is 1560. The van der Waals surface area contributed by atoms with Crippen molar-refractivity contribution in [3.63, 3.8) is 0 Å². The van der Waals surface area contributed by atoms with Crippen LogP contribution in [-0.2, 0) is 16.4 Å². The van der Waals surface area contributed by atoms with Crippen LogP contribution in [0.1, 0.15) is 28.8 Å². The van der Waals surface area contributed by atoms with Crippen LogP contribution >= 0.6 is 11.6 Å². The third-order valence-electron chi connectivity index (χ3n) is 6.71. The molecule has 0 spiro atoms. The van der Waals surface area contributed by atoms with Gasteiger partial charge in [0.15, 0.2) is 15.5 Å². The second-order valence-electron chi connectivity index (χ2n) is 8.83. The van der Waals surface area contributed by atoms with Gasteiger partial charge in [-0.1, -0.05) is 35.9 Å². The molecule has 1 amide bonds. The van der Waals surface area contributed by atoms with E-state index in [2.05, 4.69) is 15.3 Å². The van der Waals surface area contributed by atoms with Gasteiger partial charge in [0.25, 0.3) is 5.91 Å². The smallest absolute Gasteiger partial charge is 0.260 e. The maximum absolute atomic E-state index is 13.1. The zero-order chi connectivity index (χ0) is 24.2. The van der Waals surface area contributed by atoms with Crippen molar-refractivity contribution in [3.05, 3.63) is 71.0 Å². The molecule has 10 heteroatoms. The quantitative estimate of drug-likeness (QED) is 0.433. The number of anilines is 1. The van der Waals surface area contributed by atoms with Crippen molar-refractivity contribution in [2.24, 2.45) is 0 Å². The molecule has 1 unspecified atom stereocenters. The zero-order valence-corrected chi connectivity index (χ0v) is 20.2. The zero-order valence-electron chi connectivity index (χ0n) is 18.7. The predicted octanol–water partition coefficient (Wildman–Crippen LogP) is 3.96. The first-order valence-electron chi connectivity index (χ1n) is 11.4. The number of aromatic amines is 1. The van der Waals surface area contributed by atoms with E-state index < -0.39 is 15.1 Å². The van der Waals surface area contributed by atoms with Crippen molar-refractivity contribution >= 4 is 44.2 Å². The Labute approximate surface area is 207 Å². The van der Waals surface area contributed by atoms with Crippen molar-refractivity contribution in [2.75, 3.05) is 18.0 Å². The average molecular weight is 508 g/mol. The normalized spacial score (nSPS) is 18.3. The molecule has 4 aromatic rings. The highest BCUT2D eigenvalue weighted by atomic mass is 35.5. The molecule has 1 fully saturated rings. The van der Waals surface area contributed by atoms with Crippen molar-refractivity contribution in [3.8, 4) is 11.3 Å². The van der Waals surface area contributed by atoms with Crippen molar-refractivity contribution in [1.29, 1.82) is 0 Å². The topological polar surface area (TPSA) is 108 Å². The molecule has 0 aliphatic carbocycles. The average Bonchev–Trinajstić information content (AvgIpc) is 3.45. The summed E-state index contributed by atoms with van der Waals surface area (Å²) in [4.78, 5) is 27.4. The molecule has 2 aromatic carbocycles. The van der Waals surface area contributed by atoms with Gasteiger partial charge in [0, 0.05) is 18.3 Å². The van der Waals surface area contributed by atoms with Crippen molar-refractivity contribution in [2.45, 2.75) is 29.5 Å². The van der Waals surface area contributed by atoms with Gasteiger partial charge in [-0.3, -0.25) is 4.79 Å². The molecule has 0 radical (unpaired) electrons. The van der Waals surface area contributed by atoms with Gasteiger partial charge in [0.05, 0.1) is 44.9 Å².